The molecule has 74 valence electrons. The van der Waals surface area contributed by atoms with Crippen LogP contribution >= 0.6 is 12.2 Å². The van der Waals surface area contributed by atoms with E-state index in [9.17, 15) is 0 Å². The first-order valence-electron chi connectivity index (χ1n) is 4.46. The molecule has 0 bridgehead atoms. The number of hydrogen-bond donors (Lipinski definition) is 2. The van der Waals surface area contributed by atoms with Crippen LogP contribution in [-0.2, 0) is 4.74 Å². The fourth-order valence-electron chi connectivity index (χ4n) is 1.11. The predicted molar refractivity (Wildman–Crippen MR) is 56.9 cm³/mol. The summed E-state index contributed by atoms with van der Waals surface area (Å²) in [6, 6.07) is 0. The molecule has 1 heterocycles. The lowest BCUT2D eigenvalue weighted by molar-refractivity contribution is 0.145. The normalized spacial score (nSPS) is 24.8. The topological polar surface area (TPSA) is 45.7 Å². The summed E-state index contributed by atoms with van der Waals surface area (Å²) in [6.45, 7) is 5.55. The molecule has 1 unspecified atom stereocenters. The summed E-state index contributed by atoms with van der Waals surface area (Å²) in [4.78, 5) is 0. The van der Waals surface area contributed by atoms with E-state index in [4.69, 9.17) is 17.0 Å². The van der Waals surface area contributed by atoms with E-state index in [0.717, 1.165) is 25.3 Å². The molecule has 0 aliphatic carbocycles. The fraction of sp³-hybridized carbons (Fsp3) is 0.750. The van der Waals surface area contributed by atoms with Gasteiger partial charge in [0.1, 0.15) is 0 Å². The third-order valence-corrected chi connectivity index (χ3v) is 2.07. The summed E-state index contributed by atoms with van der Waals surface area (Å²) >= 11 is 4.96. The van der Waals surface area contributed by atoms with Crippen molar-refractivity contribution >= 4 is 23.0 Å². The van der Waals surface area contributed by atoms with Crippen LogP contribution < -0.4 is 10.7 Å². The molecular weight excluding hydrogens is 186 g/mol. The summed E-state index contributed by atoms with van der Waals surface area (Å²) in [6.07, 6.45) is 1.01. The van der Waals surface area contributed by atoms with Crippen molar-refractivity contribution < 1.29 is 4.74 Å². The summed E-state index contributed by atoms with van der Waals surface area (Å²) in [5.41, 5.74) is 3.81. The molecule has 0 amide bonds. The Bertz CT molecular complexity index is 217. The first-order chi connectivity index (χ1) is 6.24. The monoisotopic (exact) mass is 201 g/mol. The van der Waals surface area contributed by atoms with Crippen molar-refractivity contribution in [1.82, 2.24) is 10.7 Å². The molecule has 0 spiro atoms. The Morgan fingerprint density at radius 3 is 3.08 bits per heavy atom. The molecule has 1 rings (SSSR count). The number of nitrogens with one attached hydrogen (secondary N) is 2. The number of nitrogens with zero attached hydrogens (tertiary/aromatic N) is 1. The molecular formula is C8H15N3OS. The lowest BCUT2D eigenvalue weighted by Gasteiger charge is -2.06. The van der Waals surface area contributed by atoms with Crippen molar-refractivity contribution in [3.8, 4) is 0 Å². The Morgan fingerprint density at radius 1 is 1.77 bits per heavy atom. The van der Waals surface area contributed by atoms with E-state index in [1.54, 1.807) is 0 Å². The van der Waals surface area contributed by atoms with Crippen molar-refractivity contribution in [3.63, 3.8) is 0 Å². The number of thiocarbonyl (C=S) groups is 1. The fourth-order valence-corrected chi connectivity index (χ4v) is 1.30. The van der Waals surface area contributed by atoms with Gasteiger partial charge in [0.25, 0.3) is 0 Å². The lowest BCUT2D eigenvalue weighted by Crippen LogP contribution is -2.32. The molecule has 5 heteroatoms. The largest absolute Gasteiger partial charge is 0.372 e. The minimum atomic E-state index is 0.122. The summed E-state index contributed by atoms with van der Waals surface area (Å²) in [5, 5.41) is 7.68. The van der Waals surface area contributed by atoms with Crippen LogP contribution in [0.3, 0.4) is 0 Å². The highest BCUT2D eigenvalue weighted by atomic mass is 32.1. The average molecular weight is 201 g/mol. The van der Waals surface area contributed by atoms with E-state index in [1.165, 1.54) is 0 Å². The van der Waals surface area contributed by atoms with Crippen molar-refractivity contribution in [3.05, 3.63) is 0 Å². The molecule has 1 saturated heterocycles. The number of hydrogen-bond acceptors (Lipinski definition) is 3. The molecule has 1 atom stereocenters. The van der Waals surface area contributed by atoms with Gasteiger partial charge in [0.05, 0.1) is 18.4 Å². The van der Waals surface area contributed by atoms with Crippen molar-refractivity contribution in [2.45, 2.75) is 26.4 Å². The molecule has 0 aromatic heterocycles. The standard InChI is InChI=1S/C8H15N3OS/c1-3-9-8(13)11-10-7-4-5-12-6(7)2/h6H,3-5H2,1-2H3,(H2,9,11,13)/b10-7-. The third kappa shape index (κ3) is 3.28. The third-order valence-electron chi connectivity index (χ3n) is 1.83. The van der Waals surface area contributed by atoms with Gasteiger partial charge in [-0.1, -0.05) is 0 Å². The van der Waals surface area contributed by atoms with E-state index in [2.05, 4.69) is 15.8 Å². The van der Waals surface area contributed by atoms with Crippen LogP contribution in [0.15, 0.2) is 5.10 Å². The molecule has 0 aromatic carbocycles. The van der Waals surface area contributed by atoms with Gasteiger partial charge >= 0.3 is 0 Å². The maximum atomic E-state index is 5.32. The van der Waals surface area contributed by atoms with E-state index in [-0.39, 0.29) is 6.10 Å². The van der Waals surface area contributed by atoms with Crippen LogP contribution in [0.25, 0.3) is 0 Å². The predicted octanol–water partition coefficient (Wildman–Crippen LogP) is 0.635. The van der Waals surface area contributed by atoms with E-state index in [1.807, 2.05) is 13.8 Å². The minimum Gasteiger partial charge on any atom is -0.372 e. The van der Waals surface area contributed by atoms with Crippen molar-refractivity contribution in [2.75, 3.05) is 13.2 Å². The van der Waals surface area contributed by atoms with Gasteiger partial charge in [-0.05, 0) is 26.1 Å². The van der Waals surface area contributed by atoms with Gasteiger partial charge in [-0.15, -0.1) is 0 Å². The lowest BCUT2D eigenvalue weighted by atomic mass is 10.2. The van der Waals surface area contributed by atoms with Gasteiger partial charge in [0, 0.05) is 13.0 Å². The Labute approximate surface area is 83.7 Å². The SMILES string of the molecule is CCNC(=S)N/N=C1/CCOC1C. The van der Waals surface area contributed by atoms with Gasteiger partial charge < -0.3 is 10.1 Å². The molecule has 0 saturated carbocycles. The zero-order valence-electron chi connectivity index (χ0n) is 7.96. The highest BCUT2D eigenvalue weighted by molar-refractivity contribution is 7.80. The average Bonchev–Trinajstić information content (AvgIpc) is 2.48. The van der Waals surface area contributed by atoms with Crippen LogP contribution in [0.4, 0.5) is 0 Å². The Balaban J connectivity index is 2.34. The highest BCUT2D eigenvalue weighted by Crippen LogP contribution is 2.07. The minimum absolute atomic E-state index is 0.122. The second kappa shape index (κ2) is 5.14. The van der Waals surface area contributed by atoms with E-state index >= 15 is 0 Å². The van der Waals surface area contributed by atoms with Gasteiger partial charge in [-0.2, -0.15) is 5.10 Å². The zero-order valence-corrected chi connectivity index (χ0v) is 8.78. The number of ether oxygens (including phenoxy) is 1. The molecule has 1 aliphatic rings. The molecule has 4 nitrogen and oxygen atoms in total. The highest BCUT2D eigenvalue weighted by Gasteiger charge is 2.18. The maximum absolute atomic E-state index is 5.32. The quantitative estimate of drug-likeness (QED) is 0.508. The Morgan fingerprint density at radius 2 is 2.54 bits per heavy atom. The van der Waals surface area contributed by atoms with Crippen LogP contribution in [-0.4, -0.2) is 30.1 Å². The molecule has 13 heavy (non-hydrogen) atoms. The summed E-state index contributed by atoms with van der Waals surface area (Å²) in [7, 11) is 0. The Kier molecular flexibility index (Phi) is 4.11. The second-order valence-corrected chi connectivity index (χ2v) is 3.25. The van der Waals surface area contributed by atoms with Crippen LogP contribution in [0.2, 0.25) is 0 Å². The van der Waals surface area contributed by atoms with Crippen LogP contribution in [0.5, 0.6) is 0 Å². The smallest absolute Gasteiger partial charge is 0.186 e. The van der Waals surface area contributed by atoms with Gasteiger partial charge in [0.2, 0.25) is 0 Å². The molecule has 1 fully saturated rings. The summed E-state index contributed by atoms with van der Waals surface area (Å²) in [5.74, 6) is 0. The van der Waals surface area contributed by atoms with E-state index < -0.39 is 0 Å². The van der Waals surface area contributed by atoms with Crippen molar-refractivity contribution in [1.29, 1.82) is 0 Å². The van der Waals surface area contributed by atoms with E-state index in [0.29, 0.717) is 5.11 Å². The number of hydrazone groups is 1. The zero-order chi connectivity index (χ0) is 9.68. The molecule has 1 aliphatic heterocycles. The van der Waals surface area contributed by atoms with Gasteiger partial charge in [-0.3, -0.25) is 5.43 Å². The number of rotatable bonds is 2. The van der Waals surface area contributed by atoms with Crippen LogP contribution in [0.1, 0.15) is 20.3 Å². The van der Waals surface area contributed by atoms with Gasteiger partial charge in [0.15, 0.2) is 5.11 Å². The maximum Gasteiger partial charge on any atom is 0.186 e. The molecule has 0 radical (unpaired) electrons. The van der Waals surface area contributed by atoms with Gasteiger partial charge in [-0.25, -0.2) is 0 Å². The molecule has 0 aromatic rings. The summed E-state index contributed by atoms with van der Waals surface area (Å²) < 4.78 is 5.32. The van der Waals surface area contributed by atoms with Crippen molar-refractivity contribution in [2.24, 2.45) is 5.10 Å². The molecule has 2 N–H and O–H groups in total. The Hall–Kier alpha value is -0.680. The second-order valence-electron chi connectivity index (χ2n) is 2.84. The first-order valence-corrected chi connectivity index (χ1v) is 4.86. The first kappa shape index (κ1) is 10.4. The van der Waals surface area contributed by atoms with Crippen LogP contribution in [0, 0.1) is 0 Å².